The summed E-state index contributed by atoms with van der Waals surface area (Å²) >= 11 is 0. The van der Waals surface area contributed by atoms with Crippen LogP contribution in [-0.2, 0) is 0 Å². The fourth-order valence-electron chi connectivity index (χ4n) is 2.06. The minimum Gasteiger partial charge on any atom is -0.340 e. The predicted molar refractivity (Wildman–Crippen MR) is 80.7 cm³/mol. The molecule has 2 heterocycles. The second-order valence-electron chi connectivity index (χ2n) is 4.91. The Kier molecular flexibility index (Phi) is 2.99. The first-order valence-electron chi connectivity index (χ1n) is 6.45. The van der Waals surface area contributed by atoms with Crippen molar-refractivity contribution in [2.45, 2.75) is 13.8 Å². The van der Waals surface area contributed by atoms with E-state index in [2.05, 4.69) is 10.3 Å². The SMILES string of the molecule is Cc1ccc(Nc2cc(=O)n3cc(C)ccc3n2)cc1. The van der Waals surface area contributed by atoms with Gasteiger partial charge in [0.1, 0.15) is 11.5 Å². The molecule has 1 N–H and O–H groups in total. The van der Waals surface area contributed by atoms with Gasteiger partial charge in [-0.1, -0.05) is 23.8 Å². The third-order valence-electron chi connectivity index (χ3n) is 3.13. The molecule has 0 aliphatic carbocycles. The van der Waals surface area contributed by atoms with Gasteiger partial charge < -0.3 is 5.32 Å². The van der Waals surface area contributed by atoms with Gasteiger partial charge in [-0.05, 0) is 37.6 Å². The Bertz CT molecular complexity index is 819. The maximum absolute atomic E-state index is 12.1. The molecule has 0 aliphatic rings. The van der Waals surface area contributed by atoms with Gasteiger partial charge in [0.2, 0.25) is 0 Å². The van der Waals surface area contributed by atoms with Crippen molar-refractivity contribution in [2.75, 3.05) is 5.32 Å². The maximum atomic E-state index is 12.1. The van der Waals surface area contributed by atoms with Crippen LogP contribution < -0.4 is 10.9 Å². The number of nitrogens with one attached hydrogen (secondary N) is 1. The molecular weight excluding hydrogens is 250 g/mol. The first-order chi connectivity index (χ1) is 9.61. The normalized spacial score (nSPS) is 10.7. The molecule has 4 heteroatoms. The minimum absolute atomic E-state index is 0.0895. The highest BCUT2D eigenvalue weighted by Gasteiger charge is 2.02. The van der Waals surface area contributed by atoms with Crippen molar-refractivity contribution in [3.8, 4) is 0 Å². The molecule has 0 amide bonds. The Balaban J connectivity index is 2.02. The van der Waals surface area contributed by atoms with Crippen LogP contribution in [0.25, 0.3) is 5.65 Å². The van der Waals surface area contributed by atoms with Crippen LogP contribution in [0.4, 0.5) is 11.5 Å². The molecule has 0 fully saturated rings. The number of fused-ring (bicyclic) bond motifs is 1. The Morgan fingerprint density at radius 1 is 1.00 bits per heavy atom. The zero-order valence-corrected chi connectivity index (χ0v) is 11.4. The number of pyridine rings is 1. The summed E-state index contributed by atoms with van der Waals surface area (Å²) in [5.41, 5.74) is 3.68. The molecule has 0 spiro atoms. The number of hydrogen-bond donors (Lipinski definition) is 1. The molecule has 100 valence electrons. The highest BCUT2D eigenvalue weighted by atomic mass is 16.1. The van der Waals surface area contributed by atoms with E-state index in [4.69, 9.17) is 0 Å². The summed E-state index contributed by atoms with van der Waals surface area (Å²) in [6.07, 6.45) is 1.79. The predicted octanol–water partition coefficient (Wildman–Crippen LogP) is 3.05. The van der Waals surface area contributed by atoms with E-state index in [1.165, 1.54) is 11.6 Å². The number of rotatable bonds is 2. The number of anilines is 2. The largest absolute Gasteiger partial charge is 0.340 e. The highest BCUT2D eigenvalue weighted by molar-refractivity contribution is 5.58. The zero-order chi connectivity index (χ0) is 14.1. The Morgan fingerprint density at radius 3 is 2.45 bits per heavy atom. The fourth-order valence-corrected chi connectivity index (χ4v) is 2.06. The van der Waals surface area contributed by atoms with Gasteiger partial charge in [-0.25, -0.2) is 4.98 Å². The van der Waals surface area contributed by atoms with Crippen molar-refractivity contribution < 1.29 is 0 Å². The summed E-state index contributed by atoms with van der Waals surface area (Å²) in [6, 6.07) is 13.3. The van der Waals surface area contributed by atoms with Crippen LogP contribution in [-0.4, -0.2) is 9.38 Å². The standard InChI is InChI=1S/C16H15N3O/c1-11-3-6-13(7-4-11)17-14-9-16(20)19-10-12(2)5-8-15(19)18-14/h3-10,17H,1-2H3. The van der Waals surface area contributed by atoms with E-state index in [1.54, 1.807) is 10.6 Å². The van der Waals surface area contributed by atoms with Gasteiger partial charge in [-0.3, -0.25) is 9.20 Å². The minimum atomic E-state index is -0.0895. The van der Waals surface area contributed by atoms with E-state index in [1.807, 2.05) is 50.2 Å². The molecule has 0 aliphatic heterocycles. The van der Waals surface area contributed by atoms with E-state index >= 15 is 0 Å². The van der Waals surface area contributed by atoms with Gasteiger partial charge in [-0.2, -0.15) is 0 Å². The lowest BCUT2D eigenvalue weighted by Crippen LogP contribution is -2.15. The van der Waals surface area contributed by atoms with Crippen molar-refractivity contribution >= 4 is 17.2 Å². The third-order valence-corrected chi connectivity index (χ3v) is 3.13. The van der Waals surface area contributed by atoms with Crippen LogP contribution in [0.1, 0.15) is 11.1 Å². The summed E-state index contributed by atoms with van der Waals surface area (Å²) in [7, 11) is 0. The van der Waals surface area contributed by atoms with Crippen molar-refractivity contribution in [1.29, 1.82) is 0 Å². The van der Waals surface area contributed by atoms with E-state index in [0.717, 1.165) is 11.3 Å². The number of benzene rings is 1. The molecule has 0 bridgehead atoms. The van der Waals surface area contributed by atoms with E-state index < -0.39 is 0 Å². The molecule has 0 radical (unpaired) electrons. The summed E-state index contributed by atoms with van der Waals surface area (Å²) < 4.78 is 1.55. The molecule has 3 aromatic rings. The summed E-state index contributed by atoms with van der Waals surface area (Å²) in [5, 5.41) is 3.15. The number of aryl methyl sites for hydroxylation is 2. The molecule has 4 nitrogen and oxygen atoms in total. The van der Waals surface area contributed by atoms with Crippen LogP contribution in [0.3, 0.4) is 0 Å². The molecule has 0 atom stereocenters. The van der Waals surface area contributed by atoms with Crippen molar-refractivity contribution in [2.24, 2.45) is 0 Å². The average Bonchev–Trinajstić information content (AvgIpc) is 2.42. The molecule has 0 unspecified atom stereocenters. The number of aromatic nitrogens is 2. The third kappa shape index (κ3) is 2.40. The van der Waals surface area contributed by atoms with Crippen molar-refractivity contribution in [3.63, 3.8) is 0 Å². The highest BCUT2D eigenvalue weighted by Crippen LogP contribution is 2.14. The van der Waals surface area contributed by atoms with Gasteiger partial charge in [0.15, 0.2) is 0 Å². The van der Waals surface area contributed by atoms with Gasteiger partial charge in [-0.15, -0.1) is 0 Å². The number of hydrogen-bond acceptors (Lipinski definition) is 3. The van der Waals surface area contributed by atoms with Crippen LogP contribution in [0.2, 0.25) is 0 Å². The molecule has 0 saturated heterocycles. The smallest absolute Gasteiger partial charge is 0.259 e. The lowest BCUT2D eigenvalue weighted by Gasteiger charge is -2.07. The van der Waals surface area contributed by atoms with Gasteiger partial charge in [0, 0.05) is 18.0 Å². The van der Waals surface area contributed by atoms with Crippen LogP contribution in [0.5, 0.6) is 0 Å². The van der Waals surface area contributed by atoms with Crippen molar-refractivity contribution in [1.82, 2.24) is 9.38 Å². The number of nitrogens with zero attached hydrogens (tertiary/aromatic N) is 2. The molecule has 1 aromatic carbocycles. The van der Waals surface area contributed by atoms with Crippen LogP contribution in [0, 0.1) is 13.8 Å². The van der Waals surface area contributed by atoms with Gasteiger partial charge in [0.25, 0.3) is 5.56 Å². The van der Waals surface area contributed by atoms with E-state index in [-0.39, 0.29) is 5.56 Å². The zero-order valence-electron chi connectivity index (χ0n) is 11.4. The van der Waals surface area contributed by atoms with Gasteiger partial charge in [0.05, 0.1) is 0 Å². The Hall–Kier alpha value is -2.62. The average molecular weight is 265 g/mol. The summed E-state index contributed by atoms with van der Waals surface area (Å²) in [4.78, 5) is 16.5. The maximum Gasteiger partial charge on any atom is 0.259 e. The van der Waals surface area contributed by atoms with Crippen LogP contribution in [0.15, 0.2) is 53.5 Å². The molecule has 3 rings (SSSR count). The Labute approximate surface area is 116 Å². The molecular formula is C16H15N3O. The van der Waals surface area contributed by atoms with Gasteiger partial charge >= 0.3 is 0 Å². The molecule has 2 aromatic heterocycles. The first-order valence-corrected chi connectivity index (χ1v) is 6.45. The lowest BCUT2D eigenvalue weighted by molar-refractivity contribution is 1.03. The quantitative estimate of drug-likeness (QED) is 0.774. The second kappa shape index (κ2) is 4.81. The monoisotopic (exact) mass is 265 g/mol. The fraction of sp³-hybridized carbons (Fsp3) is 0.125. The first kappa shape index (κ1) is 12.4. The molecule has 0 saturated carbocycles. The Morgan fingerprint density at radius 2 is 1.70 bits per heavy atom. The lowest BCUT2D eigenvalue weighted by atomic mass is 10.2. The van der Waals surface area contributed by atoms with Crippen LogP contribution >= 0.6 is 0 Å². The summed E-state index contributed by atoms with van der Waals surface area (Å²) in [5.74, 6) is 0.558. The van der Waals surface area contributed by atoms with Crippen molar-refractivity contribution in [3.05, 3.63) is 70.1 Å². The second-order valence-corrected chi connectivity index (χ2v) is 4.91. The topological polar surface area (TPSA) is 46.4 Å². The van der Waals surface area contributed by atoms with E-state index in [0.29, 0.717) is 11.5 Å². The molecule has 20 heavy (non-hydrogen) atoms. The van der Waals surface area contributed by atoms with E-state index in [9.17, 15) is 4.79 Å². The summed E-state index contributed by atoms with van der Waals surface area (Å²) in [6.45, 7) is 3.98.